The van der Waals surface area contributed by atoms with Gasteiger partial charge in [-0.2, -0.15) is 11.8 Å². The summed E-state index contributed by atoms with van der Waals surface area (Å²) < 4.78 is 0. The molecule has 0 aliphatic heterocycles. The van der Waals surface area contributed by atoms with Crippen LogP contribution in [-0.2, 0) is 0 Å². The summed E-state index contributed by atoms with van der Waals surface area (Å²) in [6, 6.07) is 0.573. The Labute approximate surface area is 112 Å². The van der Waals surface area contributed by atoms with E-state index in [-0.39, 0.29) is 23.9 Å². The monoisotopic (exact) mass is 274 g/mol. The number of hydrogen-bond donors (Lipinski definition) is 2. The number of aliphatic hydroxyl groups is 1. The molecule has 1 rings (SSSR count). The molecule has 2 N–H and O–H groups in total. The van der Waals surface area contributed by atoms with E-state index in [9.17, 15) is 5.11 Å². The summed E-state index contributed by atoms with van der Waals surface area (Å²) in [5.74, 6) is 0. The van der Waals surface area contributed by atoms with E-state index >= 15 is 0 Å². The Kier molecular flexibility index (Phi) is 5.92. The van der Waals surface area contributed by atoms with Crippen molar-refractivity contribution in [3.05, 3.63) is 15.6 Å². The van der Waals surface area contributed by atoms with Crippen molar-refractivity contribution in [3.63, 3.8) is 0 Å². The van der Waals surface area contributed by atoms with Gasteiger partial charge in [0.2, 0.25) is 0 Å². The maximum Gasteiger partial charge on any atom is 0.0900 e. The first-order chi connectivity index (χ1) is 7.99. The van der Waals surface area contributed by atoms with Gasteiger partial charge in [-0.05, 0) is 34.0 Å². The van der Waals surface area contributed by atoms with E-state index in [1.54, 1.807) is 23.1 Å². The summed E-state index contributed by atoms with van der Waals surface area (Å²) in [4.78, 5) is 5.75. The average Bonchev–Trinajstić information content (AvgIpc) is 2.59. The Hall–Kier alpha value is -0.100. The lowest BCUT2D eigenvalue weighted by Gasteiger charge is -2.25. The number of nitrogens with one attached hydrogen (secondary N) is 1. The number of thiazole rings is 1. The zero-order valence-corrected chi connectivity index (χ0v) is 12.8. The summed E-state index contributed by atoms with van der Waals surface area (Å²) in [5.41, 5.74) is 1.12. The summed E-state index contributed by atoms with van der Waals surface area (Å²) in [5, 5.41) is 14.2. The molecule has 0 aliphatic rings. The fourth-order valence-corrected chi connectivity index (χ4v) is 3.54. The second kappa shape index (κ2) is 6.73. The van der Waals surface area contributed by atoms with E-state index in [1.807, 2.05) is 13.2 Å². The highest BCUT2D eigenvalue weighted by Gasteiger charge is 2.20. The van der Waals surface area contributed by atoms with Gasteiger partial charge in [-0.1, -0.05) is 0 Å². The van der Waals surface area contributed by atoms with Crippen molar-refractivity contribution >= 4 is 23.1 Å². The third-order valence-electron chi connectivity index (χ3n) is 2.89. The van der Waals surface area contributed by atoms with Crippen LogP contribution in [0.2, 0.25) is 0 Å². The van der Waals surface area contributed by atoms with Crippen molar-refractivity contribution in [3.8, 4) is 0 Å². The lowest BCUT2D eigenvalue weighted by atomic mass is 10.1. The van der Waals surface area contributed by atoms with Gasteiger partial charge < -0.3 is 10.4 Å². The zero-order valence-electron chi connectivity index (χ0n) is 11.2. The molecule has 17 heavy (non-hydrogen) atoms. The number of aryl methyl sites for hydroxylation is 2. The van der Waals surface area contributed by atoms with Gasteiger partial charge in [-0.3, -0.25) is 0 Å². The van der Waals surface area contributed by atoms with E-state index < -0.39 is 0 Å². The summed E-state index contributed by atoms with van der Waals surface area (Å²) in [6.45, 7) is 8.58. The zero-order chi connectivity index (χ0) is 13.0. The Balaban J connectivity index is 2.65. The molecule has 98 valence electrons. The number of hydrogen-bond acceptors (Lipinski definition) is 5. The smallest absolute Gasteiger partial charge is 0.0900 e. The lowest BCUT2D eigenvalue weighted by Crippen LogP contribution is -2.38. The number of aromatic nitrogens is 1. The largest absolute Gasteiger partial charge is 0.395 e. The minimum absolute atomic E-state index is 0.211. The minimum atomic E-state index is 0.211. The second-order valence-electron chi connectivity index (χ2n) is 4.32. The normalized spacial score (nSPS) is 16.8. The Morgan fingerprint density at radius 2 is 2.06 bits per heavy atom. The molecule has 0 saturated heterocycles. The van der Waals surface area contributed by atoms with Crippen molar-refractivity contribution in [1.29, 1.82) is 0 Å². The molecule has 3 atom stereocenters. The number of thioether (sulfide) groups is 1. The minimum Gasteiger partial charge on any atom is -0.395 e. The van der Waals surface area contributed by atoms with E-state index in [0.29, 0.717) is 0 Å². The third kappa shape index (κ3) is 3.95. The third-order valence-corrected chi connectivity index (χ3v) is 5.30. The predicted molar refractivity (Wildman–Crippen MR) is 77.0 cm³/mol. The molecule has 0 bridgehead atoms. The molecular weight excluding hydrogens is 252 g/mol. The van der Waals surface area contributed by atoms with Gasteiger partial charge in [0.05, 0.1) is 17.3 Å². The molecule has 0 radical (unpaired) electrons. The van der Waals surface area contributed by atoms with E-state index in [1.165, 1.54) is 4.88 Å². The molecule has 0 amide bonds. The summed E-state index contributed by atoms with van der Waals surface area (Å²) in [7, 11) is 0. The number of nitrogens with zero attached hydrogens (tertiary/aromatic N) is 1. The molecule has 5 heteroatoms. The van der Waals surface area contributed by atoms with Crippen LogP contribution in [-0.4, -0.2) is 34.2 Å². The predicted octanol–water partition coefficient (Wildman–Crippen LogP) is 2.52. The Morgan fingerprint density at radius 1 is 1.41 bits per heavy atom. The summed E-state index contributed by atoms with van der Waals surface area (Å²) >= 11 is 3.45. The van der Waals surface area contributed by atoms with Crippen LogP contribution in [0.3, 0.4) is 0 Å². The molecule has 0 saturated carbocycles. The summed E-state index contributed by atoms with van der Waals surface area (Å²) in [6.07, 6.45) is 2.03. The lowest BCUT2D eigenvalue weighted by molar-refractivity contribution is 0.272. The first kappa shape index (κ1) is 15.0. The Bertz CT molecular complexity index is 350. The maximum atomic E-state index is 9.27. The van der Waals surface area contributed by atoms with Crippen LogP contribution in [0.1, 0.15) is 35.5 Å². The van der Waals surface area contributed by atoms with Gasteiger partial charge in [0.15, 0.2) is 0 Å². The van der Waals surface area contributed by atoms with Crippen molar-refractivity contribution in [2.75, 3.05) is 12.9 Å². The molecule has 1 aromatic rings. The quantitative estimate of drug-likeness (QED) is 0.837. The molecule has 3 unspecified atom stereocenters. The van der Waals surface area contributed by atoms with Crippen LogP contribution in [0, 0.1) is 13.8 Å². The molecule has 0 aliphatic carbocycles. The van der Waals surface area contributed by atoms with Crippen molar-refractivity contribution < 1.29 is 5.11 Å². The fraction of sp³-hybridized carbons (Fsp3) is 0.750. The molecule has 1 aromatic heterocycles. The van der Waals surface area contributed by atoms with Crippen molar-refractivity contribution in [2.24, 2.45) is 0 Å². The number of rotatable bonds is 6. The molecule has 0 fully saturated rings. The molecule has 0 spiro atoms. The SMILES string of the molecule is CSC(CO)C(C)NC(C)c1sc(C)nc1C. The standard InChI is InChI=1S/C12H22N2OS2/c1-7(11(6-15)16-5)13-8(2)12-9(3)14-10(4)17-12/h7-8,11,13,15H,6H2,1-5H3. The highest BCUT2D eigenvalue weighted by atomic mass is 32.2. The van der Waals surface area contributed by atoms with E-state index in [4.69, 9.17) is 0 Å². The van der Waals surface area contributed by atoms with E-state index in [2.05, 4.69) is 31.1 Å². The van der Waals surface area contributed by atoms with Gasteiger partial charge in [-0.15, -0.1) is 11.3 Å². The topological polar surface area (TPSA) is 45.1 Å². The van der Waals surface area contributed by atoms with Gasteiger partial charge in [-0.25, -0.2) is 4.98 Å². The van der Waals surface area contributed by atoms with Gasteiger partial charge in [0, 0.05) is 22.2 Å². The van der Waals surface area contributed by atoms with E-state index in [0.717, 1.165) is 10.7 Å². The maximum absolute atomic E-state index is 9.27. The fourth-order valence-electron chi connectivity index (χ4n) is 1.96. The average molecular weight is 274 g/mol. The van der Waals surface area contributed by atoms with Crippen LogP contribution in [0.4, 0.5) is 0 Å². The van der Waals surface area contributed by atoms with Gasteiger partial charge >= 0.3 is 0 Å². The molecule has 0 aromatic carbocycles. The molecule has 1 heterocycles. The van der Waals surface area contributed by atoms with Gasteiger partial charge in [0.25, 0.3) is 0 Å². The van der Waals surface area contributed by atoms with Crippen LogP contribution < -0.4 is 5.32 Å². The molecule has 3 nitrogen and oxygen atoms in total. The van der Waals surface area contributed by atoms with Crippen LogP contribution in [0.15, 0.2) is 0 Å². The van der Waals surface area contributed by atoms with Crippen LogP contribution in [0.25, 0.3) is 0 Å². The first-order valence-corrected chi connectivity index (χ1v) is 7.93. The van der Waals surface area contributed by atoms with Crippen LogP contribution >= 0.6 is 23.1 Å². The van der Waals surface area contributed by atoms with Crippen LogP contribution in [0.5, 0.6) is 0 Å². The first-order valence-electron chi connectivity index (χ1n) is 5.83. The highest BCUT2D eigenvalue weighted by Crippen LogP contribution is 2.25. The number of aliphatic hydroxyl groups excluding tert-OH is 1. The van der Waals surface area contributed by atoms with Crippen molar-refractivity contribution in [1.82, 2.24) is 10.3 Å². The second-order valence-corrected chi connectivity index (χ2v) is 6.63. The molecular formula is C12H22N2OS2. The Morgan fingerprint density at radius 3 is 2.47 bits per heavy atom. The highest BCUT2D eigenvalue weighted by molar-refractivity contribution is 7.99. The van der Waals surface area contributed by atoms with Gasteiger partial charge in [0.1, 0.15) is 0 Å². The van der Waals surface area contributed by atoms with Crippen molar-refractivity contribution in [2.45, 2.75) is 45.0 Å².